The highest BCUT2D eigenvalue weighted by atomic mass is 32.1. The molecular formula is C11H21N3O2S. The number of methoxy groups -OCH3 is 2. The third-order valence-corrected chi connectivity index (χ3v) is 3.46. The van der Waals surface area contributed by atoms with Gasteiger partial charge >= 0.3 is 0 Å². The summed E-state index contributed by atoms with van der Waals surface area (Å²) in [6.45, 7) is 2.94. The molecule has 0 bridgehead atoms. The van der Waals surface area contributed by atoms with Gasteiger partial charge in [-0.1, -0.05) is 0 Å². The van der Waals surface area contributed by atoms with E-state index in [2.05, 4.69) is 10.3 Å². The van der Waals surface area contributed by atoms with Crippen LogP contribution in [0, 0.1) is 0 Å². The Morgan fingerprint density at radius 3 is 2.65 bits per heavy atom. The van der Waals surface area contributed by atoms with Gasteiger partial charge in [0.15, 0.2) is 5.13 Å². The van der Waals surface area contributed by atoms with Gasteiger partial charge in [0.2, 0.25) is 0 Å². The van der Waals surface area contributed by atoms with Crippen LogP contribution in [0.25, 0.3) is 0 Å². The molecule has 1 aromatic rings. The SMILES string of the molecule is COCCNCc1sc(N(C)C)nc1COC. The minimum atomic E-state index is 0.561. The molecule has 0 spiro atoms. The third-order valence-electron chi connectivity index (χ3n) is 2.20. The second-order valence-corrected chi connectivity index (χ2v) is 4.93. The van der Waals surface area contributed by atoms with E-state index in [4.69, 9.17) is 9.47 Å². The number of rotatable bonds is 8. The summed E-state index contributed by atoms with van der Waals surface area (Å²) in [5.41, 5.74) is 1.02. The van der Waals surface area contributed by atoms with Gasteiger partial charge < -0.3 is 19.7 Å². The zero-order valence-electron chi connectivity index (χ0n) is 10.9. The predicted octanol–water partition coefficient (Wildman–Crippen LogP) is 1.09. The van der Waals surface area contributed by atoms with E-state index in [1.807, 2.05) is 19.0 Å². The molecule has 1 aromatic heterocycles. The molecular weight excluding hydrogens is 238 g/mol. The normalized spacial score (nSPS) is 10.8. The summed E-state index contributed by atoms with van der Waals surface area (Å²) in [5, 5.41) is 4.34. The van der Waals surface area contributed by atoms with Crippen LogP contribution in [-0.4, -0.2) is 46.5 Å². The lowest BCUT2D eigenvalue weighted by Crippen LogP contribution is -2.18. The van der Waals surface area contributed by atoms with Crippen molar-refractivity contribution in [2.24, 2.45) is 0 Å². The molecule has 1 rings (SSSR count). The maximum Gasteiger partial charge on any atom is 0.185 e. The fourth-order valence-electron chi connectivity index (χ4n) is 1.32. The van der Waals surface area contributed by atoms with Crippen molar-refractivity contribution < 1.29 is 9.47 Å². The molecule has 0 aliphatic rings. The Hall–Kier alpha value is -0.690. The van der Waals surface area contributed by atoms with Gasteiger partial charge in [0, 0.05) is 46.3 Å². The Balaban J connectivity index is 2.60. The first-order valence-electron chi connectivity index (χ1n) is 5.53. The molecule has 0 aromatic carbocycles. The first-order chi connectivity index (χ1) is 8.19. The Bertz CT molecular complexity index is 329. The summed E-state index contributed by atoms with van der Waals surface area (Å²) in [5.74, 6) is 0. The van der Waals surface area contributed by atoms with Crippen molar-refractivity contribution in [1.29, 1.82) is 0 Å². The molecule has 6 heteroatoms. The van der Waals surface area contributed by atoms with Gasteiger partial charge in [0.1, 0.15) is 0 Å². The molecule has 0 amide bonds. The Labute approximate surface area is 107 Å². The molecule has 0 atom stereocenters. The molecule has 1 N–H and O–H groups in total. The van der Waals surface area contributed by atoms with Gasteiger partial charge in [-0.05, 0) is 0 Å². The summed E-state index contributed by atoms with van der Waals surface area (Å²) in [7, 11) is 7.39. The van der Waals surface area contributed by atoms with Crippen LogP contribution in [0.4, 0.5) is 5.13 Å². The maximum atomic E-state index is 5.16. The Kier molecular flexibility index (Phi) is 6.43. The van der Waals surface area contributed by atoms with Crippen LogP contribution in [-0.2, 0) is 22.6 Å². The number of hydrogen-bond acceptors (Lipinski definition) is 6. The van der Waals surface area contributed by atoms with E-state index in [-0.39, 0.29) is 0 Å². The average Bonchev–Trinajstić information content (AvgIpc) is 2.69. The lowest BCUT2D eigenvalue weighted by molar-refractivity contribution is 0.181. The summed E-state index contributed by atoms with van der Waals surface area (Å²) in [6, 6.07) is 0. The van der Waals surface area contributed by atoms with Crippen LogP contribution in [0.5, 0.6) is 0 Å². The van der Waals surface area contributed by atoms with Gasteiger partial charge in [-0.2, -0.15) is 0 Å². The fraction of sp³-hybridized carbons (Fsp3) is 0.727. The van der Waals surface area contributed by atoms with Gasteiger partial charge in [-0.15, -0.1) is 11.3 Å². The van der Waals surface area contributed by atoms with Crippen molar-refractivity contribution in [2.75, 3.05) is 46.4 Å². The molecule has 1 heterocycles. The molecule has 17 heavy (non-hydrogen) atoms. The Morgan fingerprint density at radius 2 is 2.06 bits per heavy atom. The third kappa shape index (κ3) is 4.59. The monoisotopic (exact) mass is 259 g/mol. The fourth-order valence-corrected chi connectivity index (χ4v) is 2.28. The summed E-state index contributed by atoms with van der Waals surface area (Å²) >= 11 is 1.70. The Morgan fingerprint density at radius 1 is 1.29 bits per heavy atom. The molecule has 5 nitrogen and oxygen atoms in total. The van der Waals surface area contributed by atoms with E-state index in [9.17, 15) is 0 Å². The highest BCUT2D eigenvalue weighted by Crippen LogP contribution is 2.25. The van der Waals surface area contributed by atoms with Crippen molar-refractivity contribution >= 4 is 16.5 Å². The van der Waals surface area contributed by atoms with Crippen LogP contribution >= 0.6 is 11.3 Å². The quantitative estimate of drug-likeness (QED) is 0.708. The van der Waals surface area contributed by atoms with Crippen molar-refractivity contribution in [1.82, 2.24) is 10.3 Å². The minimum Gasteiger partial charge on any atom is -0.383 e. The summed E-state index contributed by atoms with van der Waals surface area (Å²) in [6.07, 6.45) is 0. The molecule has 0 aliphatic carbocycles. The number of aromatic nitrogens is 1. The van der Waals surface area contributed by atoms with E-state index >= 15 is 0 Å². The zero-order valence-corrected chi connectivity index (χ0v) is 11.8. The first kappa shape index (κ1) is 14.4. The average molecular weight is 259 g/mol. The van der Waals surface area contributed by atoms with Gasteiger partial charge in [0.05, 0.1) is 18.9 Å². The number of ether oxygens (including phenoxy) is 2. The summed E-state index contributed by atoms with van der Waals surface area (Å²) < 4.78 is 10.2. The number of anilines is 1. The minimum absolute atomic E-state index is 0.561. The van der Waals surface area contributed by atoms with E-state index in [0.29, 0.717) is 6.61 Å². The van der Waals surface area contributed by atoms with Gasteiger partial charge in [-0.25, -0.2) is 4.98 Å². The van der Waals surface area contributed by atoms with Crippen LogP contribution in [0.1, 0.15) is 10.6 Å². The first-order valence-corrected chi connectivity index (χ1v) is 6.35. The maximum absolute atomic E-state index is 5.16. The van der Waals surface area contributed by atoms with E-state index in [1.54, 1.807) is 25.6 Å². The predicted molar refractivity (Wildman–Crippen MR) is 70.7 cm³/mol. The second kappa shape index (κ2) is 7.60. The van der Waals surface area contributed by atoms with Crippen molar-refractivity contribution in [2.45, 2.75) is 13.2 Å². The molecule has 0 aliphatic heterocycles. The van der Waals surface area contributed by atoms with Crippen LogP contribution in [0.15, 0.2) is 0 Å². The highest BCUT2D eigenvalue weighted by Gasteiger charge is 2.11. The van der Waals surface area contributed by atoms with Crippen LogP contribution < -0.4 is 10.2 Å². The molecule has 0 saturated heterocycles. The lowest BCUT2D eigenvalue weighted by atomic mass is 10.3. The molecule has 0 fully saturated rings. The highest BCUT2D eigenvalue weighted by molar-refractivity contribution is 7.15. The molecule has 0 radical (unpaired) electrons. The van der Waals surface area contributed by atoms with E-state index in [0.717, 1.165) is 30.5 Å². The van der Waals surface area contributed by atoms with Gasteiger partial charge in [0.25, 0.3) is 0 Å². The smallest absolute Gasteiger partial charge is 0.185 e. The second-order valence-electron chi connectivity index (χ2n) is 3.86. The number of hydrogen-bond donors (Lipinski definition) is 1. The van der Waals surface area contributed by atoms with E-state index in [1.165, 1.54) is 4.88 Å². The van der Waals surface area contributed by atoms with E-state index < -0.39 is 0 Å². The molecule has 0 saturated carbocycles. The van der Waals surface area contributed by atoms with Crippen LogP contribution in [0.3, 0.4) is 0 Å². The summed E-state index contributed by atoms with van der Waals surface area (Å²) in [4.78, 5) is 7.79. The van der Waals surface area contributed by atoms with Crippen LogP contribution in [0.2, 0.25) is 0 Å². The largest absolute Gasteiger partial charge is 0.383 e. The lowest BCUT2D eigenvalue weighted by Gasteiger charge is -2.05. The van der Waals surface area contributed by atoms with Crippen molar-refractivity contribution in [3.63, 3.8) is 0 Å². The number of nitrogens with zero attached hydrogens (tertiary/aromatic N) is 2. The molecule has 98 valence electrons. The molecule has 0 unspecified atom stereocenters. The topological polar surface area (TPSA) is 46.6 Å². The van der Waals surface area contributed by atoms with Gasteiger partial charge in [-0.3, -0.25) is 0 Å². The van der Waals surface area contributed by atoms with Crippen molar-refractivity contribution in [3.05, 3.63) is 10.6 Å². The standard InChI is InChI=1S/C11H21N3O2S/c1-14(2)11-13-9(8-16-4)10(17-11)7-12-5-6-15-3/h12H,5-8H2,1-4H3. The zero-order chi connectivity index (χ0) is 12.7. The van der Waals surface area contributed by atoms with Crippen molar-refractivity contribution in [3.8, 4) is 0 Å². The number of nitrogens with one attached hydrogen (secondary N) is 1. The number of thiazole rings is 1.